The molecule has 0 heterocycles. The molecule has 0 amide bonds. The van der Waals surface area contributed by atoms with Crippen molar-refractivity contribution in [2.45, 2.75) is 0 Å². The smallest absolute Gasteiger partial charge is 0.147 e. The van der Waals surface area contributed by atoms with Crippen LogP contribution >= 0.6 is 0 Å². The van der Waals surface area contributed by atoms with Gasteiger partial charge in [0.25, 0.3) is 0 Å². The Labute approximate surface area is 49.2 Å². The molecule has 0 aromatic carbocycles. The van der Waals surface area contributed by atoms with E-state index in [2.05, 4.69) is 0 Å². The molecule has 0 aromatic heterocycles. The topological polar surface area (TPSA) is 80.3 Å². The van der Waals surface area contributed by atoms with Crippen LogP contribution in [0.25, 0.3) is 0 Å². The molecular formula is C4HFO4-2. The third kappa shape index (κ3) is 3.22. The van der Waals surface area contributed by atoms with Crippen LogP contribution in [0.5, 0.6) is 0 Å². The summed E-state index contributed by atoms with van der Waals surface area (Å²) >= 11 is 0. The van der Waals surface area contributed by atoms with Gasteiger partial charge in [0.15, 0.2) is 0 Å². The number of hydrogen-bond acceptors (Lipinski definition) is 4. The fraction of sp³-hybridized carbons (Fsp3) is 0. The molecule has 0 bridgehead atoms. The van der Waals surface area contributed by atoms with Crippen molar-refractivity contribution in [2.75, 3.05) is 0 Å². The van der Waals surface area contributed by atoms with Gasteiger partial charge in [-0.1, -0.05) is 0 Å². The van der Waals surface area contributed by atoms with Gasteiger partial charge >= 0.3 is 0 Å². The summed E-state index contributed by atoms with van der Waals surface area (Å²) in [4.78, 5) is 18.8. The zero-order valence-corrected chi connectivity index (χ0v) is 4.09. The first-order valence-corrected chi connectivity index (χ1v) is 1.83. The molecule has 0 saturated carbocycles. The number of aliphatic carboxylic acids is 2. The van der Waals surface area contributed by atoms with Crippen LogP contribution in [0.15, 0.2) is 11.9 Å². The molecule has 9 heavy (non-hydrogen) atoms. The monoisotopic (exact) mass is 132 g/mol. The molecule has 0 aliphatic carbocycles. The number of carbonyl (C=O) groups is 2. The van der Waals surface area contributed by atoms with Gasteiger partial charge in [0, 0.05) is 0 Å². The summed E-state index contributed by atoms with van der Waals surface area (Å²) in [5.74, 6) is -5.93. The Morgan fingerprint density at radius 1 is 1.33 bits per heavy atom. The average molecular weight is 132 g/mol. The number of rotatable bonds is 2. The fourth-order valence-electron chi connectivity index (χ4n) is 0.162. The first kappa shape index (κ1) is 7.61. The van der Waals surface area contributed by atoms with Gasteiger partial charge in [0.05, 0.1) is 5.97 Å². The van der Waals surface area contributed by atoms with E-state index in [1.165, 1.54) is 0 Å². The molecule has 0 atom stereocenters. The maximum atomic E-state index is 11.6. The van der Waals surface area contributed by atoms with Gasteiger partial charge < -0.3 is 19.8 Å². The Kier molecular flexibility index (Phi) is 2.37. The van der Waals surface area contributed by atoms with Gasteiger partial charge in [-0.3, -0.25) is 0 Å². The van der Waals surface area contributed by atoms with Crippen molar-refractivity contribution in [1.29, 1.82) is 0 Å². The lowest BCUT2D eigenvalue weighted by molar-refractivity contribution is -0.304. The highest BCUT2D eigenvalue weighted by molar-refractivity contribution is 5.90. The number of carboxylic acid groups (broad SMARTS) is 2. The van der Waals surface area contributed by atoms with E-state index in [0.29, 0.717) is 0 Å². The summed E-state index contributed by atoms with van der Waals surface area (Å²) < 4.78 is 11.6. The second-order valence-corrected chi connectivity index (χ2v) is 1.10. The number of carbonyl (C=O) groups excluding carboxylic acids is 2. The standard InChI is InChI=1S/C4H3FO4/c5-2(4(8)9)1-3(6)7/h1H,(H,6,7)(H,8,9)/p-2/b2-1-. The lowest BCUT2D eigenvalue weighted by atomic mass is 10.5. The van der Waals surface area contributed by atoms with Crippen LogP contribution in [0.2, 0.25) is 0 Å². The summed E-state index contributed by atoms with van der Waals surface area (Å²) in [6.07, 6.45) is -0.199. The molecule has 0 fully saturated rings. The Balaban J connectivity index is 4.17. The number of halogens is 1. The molecule has 0 aromatic rings. The van der Waals surface area contributed by atoms with Crippen LogP contribution in [0, 0.1) is 0 Å². The second-order valence-electron chi connectivity index (χ2n) is 1.10. The van der Waals surface area contributed by atoms with E-state index in [1.807, 2.05) is 0 Å². The van der Waals surface area contributed by atoms with Gasteiger partial charge in [-0.25, -0.2) is 4.39 Å². The van der Waals surface area contributed by atoms with Crippen LogP contribution < -0.4 is 10.2 Å². The van der Waals surface area contributed by atoms with E-state index < -0.39 is 17.8 Å². The molecule has 0 unspecified atom stereocenters. The van der Waals surface area contributed by atoms with Crippen LogP contribution in [0.4, 0.5) is 4.39 Å². The largest absolute Gasteiger partial charge is 0.545 e. The predicted octanol–water partition coefficient (Wildman–Crippen LogP) is -2.66. The van der Waals surface area contributed by atoms with Gasteiger partial charge in [0.1, 0.15) is 11.8 Å². The van der Waals surface area contributed by atoms with Gasteiger partial charge in [-0.2, -0.15) is 0 Å². The normalized spacial score (nSPS) is 11.0. The minimum absolute atomic E-state index is 0.199. The van der Waals surface area contributed by atoms with Crippen molar-refractivity contribution in [1.82, 2.24) is 0 Å². The summed E-state index contributed by atoms with van der Waals surface area (Å²) in [5, 5.41) is 18.8. The van der Waals surface area contributed by atoms with E-state index in [9.17, 15) is 24.2 Å². The van der Waals surface area contributed by atoms with E-state index in [0.717, 1.165) is 0 Å². The molecule has 0 rings (SSSR count). The Hall–Kier alpha value is -1.39. The van der Waals surface area contributed by atoms with Crippen LogP contribution in [-0.4, -0.2) is 11.9 Å². The predicted molar refractivity (Wildman–Crippen MR) is 19.2 cm³/mol. The summed E-state index contributed by atoms with van der Waals surface area (Å²) in [5.41, 5.74) is 0. The van der Waals surface area contributed by atoms with E-state index in [4.69, 9.17) is 0 Å². The lowest BCUT2D eigenvalue weighted by Gasteiger charge is -1.96. The zero-order valence-electron chi connectivity index (χ0n) is 4.09. The van der Waals surface area contributed by atoms with Crippen molar-refractivity contribution >= 4 is 11.9 Å². The third-order valence-electron chi connectivity index (χ3n) is 0.440. The minimum atomic E-state index is -2.17. The third-order valence-corrected chi connectivity index (χ3v) is 0.440. The fourth-order valence-corrected chi connectivity index (χ4v) is 0.162. The zero-order chi connectivity index (χ0) is 7.44. The minimum Gasteiger partial charge on any atom is -0.545 e. The van der Waals surface area contributed by atoms with E-state index in [1.54, 1.807) is 0 Å². The van der Waals surface area contributed by atoms with Gasteiger partial charge in [-0.05, 0) is 6.08 Å². The van der Waals surface area contributed by atoms with Gasteiger partial charge in [-0.15, -0.1) is 0 Å². The molecule has 0 aliphatic rings. The Morgan fingerprint density at radius 3 is 1.89 bits per heavy atom. The highest BCUT2D eigenvalue weighted by Gasteiger charge is 1.91. The van der Waals surface area contributed by atoms with E-state index in [-0.39, 0.29) is 6.08 Å². The molecule has 4 nitrogen and oxygen atoms in total. The lowest BCUT2D eigenvalue weighted by Crippen LogP contribution is -2.26. The van der Waals surface area contributed by atoms with Gasteiger partial charge in [0.2, 0.25) is 0 Å². The molecule has 0 aliphatic heterocycles. The summed E-state index contributed by atoms with van der Waals surface area (Å²) in [7, 11) is 0. The molecule has 0 radical (unpaired) electrons. The van der Waals surface area contributed by atoms with Crippen molar-refractivity contribution < 1.29 is 24.2 Å². The molecule has 0 saturated heterocycles. The van der Waals surface area contributed by atoms with Crippen molar-refractivity contribution in [2.24, 2.45) is 0 Å². The summed E-state index contributed by atoms with van der Waals surface area (Å²) in [6, 6.07) is 0. The average Bonchev–Trinajstić information content (AvgIpc) is 1.63. The van der Waals surface area contributed by atoms with Crippen molar-refractivity contribution in [3.8, 4) is 0 Å². The van der Waals surface area contributed by atoms with E-state index >= 15 is 0 Å². The Bertz CT molecular complexity index is 171. The second kappa shape index (κ2) is 2.81. The SMILES string of the molecule is O=C([O-])/C=C(\F)C(=O)[O-]. The first-order chi connectivity index (χ1) is 4.04. The van der Waals surface area contributed by atoms with Crippen molar-refractivity contribution in [3.05, 3.63) is 11.9 Å². The molecular weight excluding hydrogens is 131 g/mol. The number of hydrogen-bond donors (Lipinski definition) is 0. The molecule has 50 valence electrons. The number of carboxylic acids is 2. The molecule has 5 heteroatoms. The highest BCUT2D eigenvalue weighted by atomic mass is 19.1. The first-order valence-electron chi connectivity index (χ1n) is 1.83. The maximum Gasteiger partial charge on any atom is 0.147 e. The van der Waals surface area contributed by atoms with Crippen molar-refractivity contribution in [3.63, 3.8) is 0 Å². The molecule has 0 N–H and O–H groups in total. The Morgan fingerprint density at radius 2 is 1.78 bits per heavy atom. The molecule has 0 spiro atoms. The maximum absolute atomic E-state index is 11.6. The van der Waals surface area contributed by atoms with Crippen LogP contribution in [-0.2, 0) is 9.59 Å². The highest BCUT2D eigenvalue weighted by Crippen LogP contribution is 1.90. The van der Waals surface area contributed by atoms with Crippen LogP contribution in [0.3, 0.4) is 0 Å². The van der Waals surface area contributed by atoms with Crippen LogP contribution in [0.1, 0.15) is 0 Å². The quantitative estimate of drug-likeness (QED) is 0.384. The summed E-state index contributed by atoms with van der Waals surface area (Å²) in [6.45, 7) is 0.